The number of amides is 3. The minimum atomic E-state index is -1.41. The van der Waals surface area contributed by atoms with Crippen LogP contribution < -0.4 is 25.4 Å². The Kier molecular flexibility index (Phi) is 10.8. The number of benzene rings is 1. The Morgan fingerprint density at radius 3 is 2.41 bits per heavy atom. The van der Waals surface area contributed by atoms with Crippen LogP contribution in [0.5, 0.6) is 11.5 Å². The molecule has 1 saturated heterocycles. The van der Waals surface area contributed by atoms with Crippen molar-refractivity contribution >= 4 is 62.8 Å². The van der Waals surface area contributed by atoms with Crippen LogP contribution >= 0.6 is 22.9 Å². The van der Waals surface area contributed by atoms with E-state index in [4.69, 9.17) is 35.8 Å². The first-order valence-electron chi connectivity index (χ1n) is 19.4. The zero-order valence-electron chi connectivity index (χ0n) is 32.8. The lowest BCUT2D eigenvalue weighted by atomic mass is 9.85. The number of rotatable bonds is 13. The Morgan fingerprint density at radius 2 is 1.79 bits per heavy atom. The number of anilines is 1. The third-order valence-corrected chi connectivity index (χ3v) is 12.7. The van der Waals surface area contributed by atoms with Crippen LogP contribution in [0.1, 0.15) is 80.1 Å². The van der Waals surface area contributed by atoms with Crippen LogP contribution in [-0.2, 0) is 19.1 Å². The van der Waals surface area contributed by atoms with E-state index in [1.807, 2.05) is 46.9 Å². The fourth-order valence-electron chi connectivity index (χ4n) is 8.32. The monoisotopic (exact) mass is 810 g/mol. The van der Waals surface area contributed by atoms with E-state index >= 15 is 0 Å². The highest BCUT2D eigenvalue weighted by atomic mass is 35.5. The number of aliphatic carboxylic acids is 1. The van der Waals surface area contributed by atoms with Crippen LogP contribution in [0.4, 0.5) is 9.93 Å². The summed E-state index contributed by atoms with van der Waals surface area (Å²) in [4.78, 5) is 65.5. The van der Waals surface area contributed by atoms with Crippen LogP contribution in [0.25, 0.3) is 22.3 Å². The highest BCUT2D eigenvalue weighted by molar-refractivity contribution is 7.14. The number of alkyl carbamates (subject to hydrolysis) is 1. The zero-order valence-corrected chi connectivity index (χ0v) is 34.4. The number of hydrogen-bond donors (Lipinski definition) is 4. The Hall–Kier alpha value is -4.37. The summed E-state index contributed by atoms with van der Waals surface area (Å²) >= 11 is 8.26. The van der Waals surface area contributed by atoms with Gasteiger partial charge in [0.25, 0.3) is 0 Å². The predicted molar refractivity (Wildman–Crippen MR) is 212 cm³/mol. The van der Waals surface area contributed by atoms with Gasteiger partial charge in [-0.1, -0.05) is 45.7 Å². The van der Waals surface area contributed by atoms with Crippen LogP contribution in [0.2, 0.25) is 5.02 Å². The van der Waals surface area contributed by atoms with E-state index < -0.39 is 53.0 Å². The number of nitrogens with one attached hydrogen (secondary N) is 3. The molecule has 1 aliphatic heterocycles. The Balaban J connectivity index is 1.20. The van der Waals surface area contributed by atoms with Gasteiger partial charge in [-0.25, -0.2) is 19.6 Å². The van der Waals surface area contributed by atoms with Crippen molar-refractivity contribution in [3.05, 3.63) is 28.6 Å². The fourth-order valence-corrected chi connectivity index (χ4v) is 9.46. The van der Waals surface area contributed by atoms with Crippen molar-refractivity contribution in [2.45, 2.75) is 116 Å². The molecule has 56 heavy (non-hydrogen) atoms. The second-order valence-electron chi connectivity index (χ2n) is 17.1. The molecule has 3 heterocycles. The molecule has 4 N–H and O–H groups in total. The number of halogens is 1. The smallest absolute Gasteiger partial charge is 0.408 e. The molecule has 3 aromatic rings. The number of likely N-dealkylation sites (tertiary alicyclic amines) is 1. The third-order valence-electron chi connectivity index (χ3n) is 11.6. The fraction of sp³-hybridized carbons (Fsp3) is 0.600. The van der Waals surface area contributed by atoms with Crippen molar-refractivity contribution in [2.24, 2.45) is 23.2 Å². The summed E-state index contributed by atoms with van der Waals surface area (Å²) in [5, 5.41) is 22.6. The number of hydrogen-bond acceptors (Lipinski definition) is 11. The SMILES string of the molecule is CCC1C[C@]1(NC(=O)[C@@H]1CC(Oc2cc(-c3csc(NC(C)C)n3)nc3c(Cl)c(OC)ccc23)CN1C(=O)[C@@H](NC(=O)O[C@@H]1C[C@@H]2C[C@@H]2C1)C(C)(C)C)C(=O)O. The van der Waals surface area contributed by atoms with Gasteiger partial charge >= 0.3 is 12.1 Å². The maximum absolute atomic E-state index is 14.7. The number of pyridine rings is 1. The van der Waals surface area contributed by atoms with E-state index in [1.165, 1.54) is 29.8 Å². The predicted octanol–water partition coefficient (Wildman–Crippen LogP) is 6.50. The number of ether oxygens (including phenoxy) is 3. The lowest BCUT2D eigenvalue weighted by Gasteiger charge is -2.35. The van der Waals surface area contributed by atoms with Gasteiger partial charge < -0.3 is 40.2 Å². The average Bonchev–Trinajstić information content (AvgIpc) is 3.80. The normalized spacial score (nSPS) is 27.1. The molecule has 8 atom stereocenters. The summed E-state index contributed by atoms with van der Waals surface area (Å²) in [6.07, 6.45) is 2.16. The molecular weight excluding hydrogens is 760 g/mol. The summed E-state index contributed by atoms with van der Waals surface area (Å²) in [6.45, 7) is 11.4. The maximum atomic E-state index is 14.7. The Labute approximate surface area is 335 Å². The highest BCUT2D eigenvalue weighted by Crippen LogP contribution is 2.52. The first-order valence-corrected chi connectivity index (χ1v) is 20.7. The number of carboxylic acids is 1. The largest absolute Gasteiger partial charge is 0.495 e. The molecule has 14 nitrogen and oxygen atoms in total. The van der Waals surface area contributed by atoms with Gasteiger partial charge in [0.05, 0.1) is 24.9 Å². The van der Waals surface area contributed by atoms with Crippen LogP contribution in [0.3, 0.4) is 0 Å². The van der Waals surface area contributed by atoms with Crippen molar-refractivity contribution < 1.29 is 38.5 Å². The molecule has 16 heteroatoms. The number of carbonyl (C=O) groups excluding carboxylic acids is 3. The molecule has 2 unspecified atom stereocenters. The van der Waals surface area contributed by atoms with E-state index in [1.54, 1.807) is 18.2 Å². The number of aromatic nitrogens is 2. The van der Waals surface area contributed by atoms with Crippen LogP contribution in [0.15, 0.2) is 23.6 Å². The molecule has 7 rings (SSSR count). The average molecular weight is 811 g/mol. The van der Waals surface area contributed by atoms with Crippen molar-refractivity contribution in [3.63, 3.8) is 0 Å². The highest BCUT2D eigenvalue weighted by Gasteiger charge is 2.61. The molecule has 3 aliphatic carbocycles. The molecule has 0 radical (unpaired) electrons. The van der Waals surface area contributed by atoms with Gasteiger partial charge in [-0.05, 0) is 74.8 Å². The van der Waals surface area contributed by atoms with Crippen molar-refractivity contribution in [1.82, 2.24) is 25.5 Å². The summed E-state index contributed by atoms with van der Waals surface area (Å²) < 4.78 is 18.0. The number of carboxylic acid groups (broad SMARTS) is 1. The molecule has 4 aliphatic rings. The van der Waals surface area contributed by atoms with E-state index in [9.17, 15) is 24.3 Å². The first-order chi connectivity index (χ1) is 26.5. The Morgan fingerprint density at radius 1 is 1.05 bits per heavy atom. The van der Waals surface area contributed by atoms with Crippen molar-refractivity contribution in [2.75, 3.05) is 19.0 Å². The molecule has 0 spiro atoms. The second-order valence-corrected chi connectivity index (χ2v) is 18.3. The molecule has 2 aromatic heterocycles. The quantitative estimate of drug-likeness (QED) is 0.148. The standard InChI is InChI=1S/C40H51ClN6O8S/c1-8-22-16-40(22,36(50)51)46-34(48)28-14-24(17-47(28)35(49)33(39(4,5)6)45-38(52)55-23-12-20-11-21(20)13-23)54-30-15-26(27-18-56-37(44-27)42-19(2)3)43-32-25(30)9-10-29(53-7)31(32)41/h9-10,15,18-24,28,33H,8,11-14,16-17H2,1-7H3,(H,42,44)(H,45,52)(H,46,48)(H,50,51)/t20-,21+,22?,23+,24?,28-,33+,40+/m0/s1. The number of nitrogens with zero attached hydrogens (tertiary/aromatic N) is 3. The van der Waals surface area contributed by atoms with Crippen LogP contribution in [-0.4, -0.2) is 93.4 Å². The lowest BCUT2D eigenvalue weighted by molar-refractivity contribution is -0.146. The van der Waals surface area contributed by atoms with Gasteiger partial charge in [-0.3, -0.25) is 9.59 Å². The number of fused-ring (bicyclic) bond motifs is 2. The Bertz CT molecular complexity index is 2030. The first kappa shape index (κ1) is 39.8. The minimum absolute atomic E-state index is 0.0221. The summed E-state index contributed by atoms with van der Waals surface area (Å²) in [7, 11) is 1.52. The molecule has 3 amide bonds. The van der Waals surface area contributed by atoms with Crippen molar-refractivity contribution in [3.8, 4) is 22.9 Å². The van der Waals surface area contributed by atoms with E-state index in [0.29, 0.717) is 58.5 Å². The van der Waals surface area contributed by atoms with Gasteiger partial charge in [-0.15, -0.1) is 11.3 Å². The van der Waals surface area contributed by atoms with Gasteiger partial charge in [-0.2, -0.15) is 0 Å². The molecular formula is C40H51ClN6O8S. The summed E-state index contributed by atoms with van der Waals surface area (Å²) in [6, 6.07) is 3.28. The molecule has 0 bridgehead atoms. The van der Waals surface area contributed by atoms with Gasteiger partial charge in [0, 0.05) is 29.3 Å². The number of thiazole rings is 1. The van der Waals surface area contributed by atoms with E-state index in [2.05, 4.69) is 16.0 Å². The maximum Gasteiger partial charge on any atom is 0.408 e. The van der Waals surface area contributed by atoms with Crippen molar-refractivity contribution in [1.29, 1.82) is 0 Å². The zero-order chi connectivity index (χ0) is 40.3. The van der Waals surface area contributed by atoms with Crippen LogP contribution in [0, 0.1) is 23.2 Å². The van der Waals surface area contributed by atoms with Gasteiger partial charge in [0.1, 0.15) is 52.0 Å². The lowest BCUT2D eigenvalue weighted by Crippen LogP contribution is -2.59. The van der Waals surface area contributed by atoms with Gasteiger partial charge in [0.2, 0.25) is 11.8 Å². The van der Waals surface area contributed by atoms with E-state index in [-0.39, 0.29) is 36.1 Å². The summed E-state index contributed by atoms with van der Waals surface area (Å²) in [5.41, 5.74) is -0.672. The molecule has 302 valence electrons. The third kappa shape index (κ3) is 7.93. The molecule has 1 aromatic carbocycles. The number of carbonyl (C=O) groups is 4. The summed E-state index contributed by atoms with van der Waals surface area (Å²) in [5.74, 6) is -0.397. The molecule has 3 saturated carbocycles. The van der Waals surface area contributed by atoms with E-state index in [0.717, 1.165) is 18.0 Å². The molecule has 4 fully saturated rings. The van der Waals surface area contributed by atoms with Gasteiger partial charge in [0.15, 0.2) is 5.13 Å². The second kappa shape index (κ2) is 15.2. The minimum Gasteiger partial charge on any atom is -0.495 e. The topological polar surface area (TPSA) is 181 Å². The number of methoxy groups -OCH3 is 1.